The number of likely N-dealkylation sites (tertiary alicyclic amines) is 1. The van der Waals surface area contributed by atoms with E-state index in [0.29, 0.717) is 19.5 Å². The van der Waals surface area contributed by atoms with E-state index in [1.165, 1.54) is 4.90 Å². The van der Waals surface area contributed by atoms with Gasteiger partial charge in [-0.3, -0.25) is 4.79 Å². The average Bonchev–Trinajstić information content (AvgIpc) is 2.97. The first-order valence-electron chi connectivity index (χ1n) is 9.63. The molecule has 150 valence electrons. The summed E-state index contributed by atoms with van der Waals surface area (Å²) in [6.07, 6.45) is 3.00. The molecule has 2 rings (SSSR count). The van der Waals surface area contributed by atoms with Crippen molar-refractivity contribution in [1.82, 2.24) is 9.80 Å². The molecule has 1 aliphatic carbocycles. The summed E-state index contributed by atoms with van der Waals surface area (Å²) in [6, 6.07) is -0.733. The van der Waals surface area contributed by atoms with Crippen molar-refractivity contribution in [2.45, 2.75) is 70.4 Å². The van der Waals surface area contributed by atoms with Crippen LogP contribution in [0.4, 0.5) is 13.6 Å². The number of nitrogens with zero attached hydrogens (tertiary/aromatic N) is 2. The van der Waals surface area contributed by atoms with Crippen molar-refractivity contribution in [2.24, 2.45) is 11.7 Å². The summed E-state index contributed by atoms with van der Waals surface area (Å²) in [5.74, 6) is -2.90. The van der Waals surface area contributed by atoms with E-state index in [0.717, 1.165) is 25.7 Å². The highest BCUT2D eigenvalue weighted by Gasteiger charge is 2.41. The monoisotopic (exact) mass is 375 g/mol. The summed E-state index contributed by atoms with van der Waals surface area (Å²) >= 11 is 0. The molecule has 0 aromatic carbocycles. The van der Waals surface area contributed by atoms with Gasteiger partial charge in [-0.1, -0.05) is 0 Å². The molecule has 2 aliphatic rings. The van der Waals surface area contributed by atoms with E-state index >= 15 is 0 Å². The predicted molar refractivity (Wildman–Crippen MR) is 93.9 cm³/mol. The molecule has 0 unspecified atom stereocenters. The number of alkyl halides is 2. The van der Waals surface area contributed by atoms with Gasteiger partial charge in [0.2, 0.25) is 5.91 Å². The third-order valence-electron chi connectivity index (χ3n) is 5.47. The Morgan fingerprint density at radius 2 is 1.85 bits per heavy atom. The fourth-order valence-electron chi connectivity index (χ4n) is 3.80. The van der Waals surface area contributed by atoms with Gasteiger partial charge in [0, 0.05) is 26.1 Å². The fraction of sp³-hybridized carbons (Fsp3) is 0.889. The van der Waals surface area contributed by atoms with Gasteiger partial charge in [-0.05, 0) is 51.9 Å². The molecule has 6 nitrogen and oxygen atoms in total. The molecule has 1 aliphatic heterocycles. The van der Waals surface area contributed by atoms with E-state index < -0.39 is 18.5 Å². The molecule has 0 aromatic heterocycles. The van der Waals surface area contributed by atoms with E-state index in [1.54, 1.807) is 4.90 Å². The number of ether oxygens (including phenoxy) is 1. The Labute approximate surface area is 154 Å². The molecule has 1 saturated carbocycles. The summed E-state index contributed by atoms with van der Waals surface area (Å²) in [5.41, 5.74) is 5.98. The van der Waals surface area contributed by atoms with Crippen molar-refractivity contribution in [1.29, 1.82) is 0 Å². The van der Waals surface area contributed by atoms with Crippen LogP contribution in [0.25, 0.3) is 0 Å². The zero-order valence-corrected chi connectivity index (χ0v) is 15.8. The van der Waals surface area contributed by atoms with E-state index in [2.05, 4.69) is 0 Å². The number of carbonyl (C=O) groups excluding carboxylic acids is 2. The van der Waals surface area contributed by atoms with Gasteiger partial charge in [-0.25, -0.2) is 13.6 Å². The summed E-state index contributed by atoms with van der Waals surface area (Å²) < 4.78 is 32.0. The van der Waals surface area contributed by atoms with E-state index in [-0.39, 0.29) is 37.0 Å². The molecule has 26 heavy (non-hydrogen) atoms. The lowest BCUT2D eigenvalue weighted by Crippen LogP contribution is -2.45. The number of hydrogen-bond acceptors (Lipinski definition) is 4. The maximum absolute atomic E-state index is 13.3. The quantitative estimate of drug-likeness (QED) is 0.774. The molecule has 0 aromatic rings. The number of nitrogens with two attached hydrogens (primary N) is 1. The van der Waals surface area contributed by atoms with Crippen LogP contribution in [-0.4, -0.2) is 66.0 Å². The molecule has 2 amide bonds. The zero-order chi connectivity index (χ0) is 19.3. The SMILES string of the molecule is CCN(CC)C(=O)OC1CCC(C[C@H](N)C(=O)N2CCC(F)(F)C2)CC1. The van der Waals surface area contributed by atoms with Crippen LogP contribution in [0.15, 0.2) is 0 Å². The third-order valence-corrected chi connectivity index (χ3v) is 5.47. The molecule has 1 saturated heterocycles. The van der Waals surface area contributed by atoms with E-state index in [1.807, 2.05) is 13.8 Å². The second kappa shape index (κ2) is 8.97. The third kappa shape index (κ3) is 5.53. The van der Waals surface area contributed by atoms with E-state index in [4.69, 9.17) is 10.5 Å². The van der Waals surface area contributed by atoms with Crippen LogP contribution in [0, 0.1) is 5.92 Å². The Morgan fingerprint density at radius 1 is 1.23 bits per heavy atom. The Hall–Kier alpha value is -1.44. The molecule has 2 N–H and O–H groups in total. The van der Waals surface area contributed by atoms with Crippen molar-refractivity contribution in [3.05, 3.63) is 0 Å². The Bertz CT molecular complexity index is 492. The van der Waals surface area contributed by atoms with Gasteiger partial charge in [0.1, 0.15) is 6.10 Å². The first kappa shape index (κ1) is 20.9. The lowest BCUT2D eigenvalue weighted by molar-refractivity contribution is -0.133. The molecule has 8 heteroatoms. The minimum atomic E-state index is -2.79. The van der Waals surface area contributed by atoms with Crippen LogP contribution in [0.2, 0.25) is 0 Å². The van der Waals surface area contributed by atoms with Gasteiger partial charge in [0.05, 0.1) is 12.6 Å². The molecular weight excluding hydrogens is 344 g/mol. The van der Waals surface area contributed by atoms with Crippen LogP contribution < -0.4 is 5.73 Å². The number of amides is 2. The van der Waals surface area contributed by atoms with Crippen molar-refractivity contribution < 1.29 is 23.1 Å². The van der Waals surface area contributed by atoms with Crippen LogP contribution in [-0.2, 0) is 9.53 Å². The van der Waals surface area contributed by atoms with Crippen molar-refractivity contribution in [3.8, 4) is 0 Å². The van der Waals surface area contributed by atoms with Gasteiger partial charge in [-0.15, -0.1) is 0 Å². The highest BCUT2D eigenvalue weighted by Crippen LogP contribution is 2.31. The normalized spacial score (nSPS) is 26.4. The molecule has 1 heterocycles. The highest BCUT2D eigenvalue weighted by atomic mass is 19.3. The maximum Gasteiger partial charge on any atom is 0.410 e. The standard InChI is InChI=1S/C18H31F2N3O3/c1-3-22(4-2)17(25)26-14-7-5-13(6-8-14)11-15(21)16(24)23-10-9-18(19,20)12-23/h13-15H,3-12,21H2,1-2H3/t13?,14?,15-/m0/s1. The molecule has 0 spiro atoms. The second-order valence-corrected chi connectivity index (χ2v) is 7.41. The number of carbonyl (C=O) groups is 2. The predicted octanol–water partition coefficient (Wildman–Crippen LogP) is 2.61. The Balaban J connectivity index is 1.73. The number of halogens is 2. The molecule has 2 fully saturated rings. The maximum atomic E-state index is 13.3. The van der Waals surface area contributed by atoms with Crippen molar-refractivity contribution in [2.75, 3.05) is 26.2 Å². The average molecular weight is 375 g/mol. The summed E-state index contributed by atoms with van der Waals surface area (Å²) in [5, 5.41) is 0. The molecule has 0 bridgehead atoms. The molecule has 1 atom stereocenters. The fourth-order valence-corrected chi connectivity index (χ4v) is 3.80. The Morgan fingerprint density at radius 3 is 2.35 bits per heavy atom. The first-order valence-corrected chi connectivity index (χ1v) is 9.63. The lowest BCUT2D eigenvalue weighted by Gasteiger charge is -2.31. The van der Waals surface area contributed by atoms with Crippen molar-refractivity contribution in [3.63, 3.8) is 0 Å². The summed E-state index contributed by atoms with van der Waals surface area (Å²) in [7, 11) is 0. The smallest absolute Gasteiger partial charge is 0.410 e. The van der Waals surface area contributed by atoms with Gasteiger partial charge < -0.3 is 20.3 Å². The highest BCUT2D eigenvalue weighted by molar-refractivity contribution is 5.82. The first-order chi connectivity index (χ1) is 12.3. The van der Waals surface area contributed by atoms with Crippen LogP contribution >= 0.6 is 0 Å². The summed E-state index contributed by atoms with van der Waals surface area (Å²) in [4.78, 5) is 27.1. The second-order valence-electron chi connectivity index (χ2n) is 7.41. The van der Waals surface area contributed by atoms with Gasteiger partial charge in [0.15, 0.2) is 0 Å². The number of rotatable bonds is 6. The minimum absolute atomic E-state index is 0.0770. The van der Waals surface area contributed by atoms with Gasteiger partial charge in [0.25, 0.3) is 5.92 Å². The topological polar surface area (TPSA) is 75.9 Å². The van der Waals surface area contributed by atoms with Crippen molar-refractivity contribution >= 4 is 12.0 Å². The summed E-state index contributed by atoms with van der Waals surface area (Å²) in [6.45, 7) is 4.63. The van der Waals surface area contributed by atoms with Gasteiger partial charge >= 0.3 is 6.09 Å². The minimum Gasteiger partial charge on any atom is -0.446 e. The van der Waals surface area contributed by atoms with Crippen LogP contribution in [0.5, 0.6) is 0 Å². The van der Waals surface area contributed by atoms with Crippen LogP contribution in [0.3, 0.4) is 0 Å². The van der Waals surface area contributed by atoms with E-state index in [9.17, 15) is 18.4 Å². The van der Waals surface area contributed by atoms with Crippen LogP contribution in [0.1, 0.15) is 52.4 Å². The Kier molecular flexibility index (Phi) is 7.20. The molecular formula is C18H31F2N3O3. The molecule has 0 radical (unpaired) electrons. The number of hydrogen-bond donors (Lipinski definition) is 1. The van der Waals surface area contributed by atoms with Gasteiger partial charge in [-0.2, -0.15) is 0 Å². The largest absolute Gasteiger partial charge is 0.446 e. The zero-order valence-electron chi connectivity index (χ0n) is 15.8. The lowest BCUT2D eigenvalue weighted by atomic mass is 9.83.